The van der Waals surface area contributed by atoms with E-state index in [4.69, 9.17) is 5.73 Å². The molecule has 4 nitrogen and oxygen atoms in total. The molecule has 1 atom stereocenters. The second kappa shape index (κ2) is 7.08. The number of nitrogen functional groups attached to an aromatic ring is 1. The Kier molecular flexibility index (Phi) is 5.16. The maximum atomic E-state index is 5.64. The van der Waals surface area contributed by atoms with Crippen molar-refractivity contribution in [3.8, 4) is 11.3 Å². The van der Waals surface area contributed by atoms with Crippen LogP contribution in [0.25, 0.3) is 11.3 Å². The Morgan fingerprint density at radius 3 is 2.75 bits per heavy atom. The van der Waals surface area contributed by atoms with Crippen molar-refractivity contribution < 1.29 is 0 Å². The Balaban J connectivity index is 2.06. The molecule has 0 aliphatic carbocycles. The third kappa shape index (κ3) is 3.59. The van der Waals surface area contributed by atoms with Gasteiger partial charge in [-0.15, -0.1) is 0 Å². The Morgan fingerprint density at radius 1 is 1.20 bits per heavy atom. The number of nitrogens with zero attached hydrogens (tertiary/aromatic N) is 3. The van der Waals surface area contributed by atoms with Crippen molar-refractivity contribution in [3.05, 3.63) is 30.9 Å². The highest BCUT2D eigenvalue weighted by Crippen LogP contribution is 2.25. The molecule has 2 aromatic heterocycles. The van der Waals surface area contributed by atoms with E-state index in [1.165, 1.54) is 32.1 Å². The first kappa shape index (κ1) is 14.6. The number of imidazole rings is 1. The molecule has 1 unspecified atom stereocenters. The second-order valence-corrected chi connectivity index (χ2v) is 5.36. The van der Waals surface area contributed by atoms with Gasteiger partial charge < -0.3 is 10.3 Å². The van der Waals surface area contributed by atoms with Crippen LogP contribution < -0.4 is 5.73 Å². The third-order valence-corrected chi connectivity index (χ3v) is 3.70. The molecule has 108 valence electrons. The van der Waals surface area contributed by atoms with Gasteiger partial charge in [0.1, 0.15) is 5.82 Å². The first-order chi connectivity index (χ1) is 9.72. The molecule has 2 rings (SSSR count). The fourth-order valence-electron chi connectivity index (χ4n) is 2.44. The van der Waals surface area contributed by atoms with E-state index in [9.17, 15) is 0 Å². The van der Waals surface area contributed by atoms with Gasteiger partial charge in [-0.3, -0.25) is 0 Å². The van der Waals surface area contributed by atoms with E-state index in [0.717, 1.165) is 11.3 Å². The summed E-state index contributed by atoms with van der Waals surface area (Å²) in [6, 6.07) is 4.29. The van der Waals surface area contributed by atoms with Gasteiger partial charge in [0.2, 0.25) is 0 Å². The molecule has 4 heteroatoms. The third-order valence-electron chi connectivity index (χ3n) is 3.70. The standard InChI is InChI=1S/C16H24N4/c1-3-4-5-6-7-13(2)20-12-18-11-15(20)14-8-9-16(17)19-10-14/h8-13H,3-7H2,1-2H3,(H2,17,19). The van der Waals surface area contributed by atoms with Gasteiger partial charge in [-0.1, -0.05) is 32.6 Å². The highest BCUT2D eigenvalue weighted by atomic mass is 15.1. The zero-order valence-electron chi connectivity index (χ0n) is 12.4. The number of hydrogen-bond acceptors (Lipinski definition) is 3. The minimum absolute atomic E-state index is 0.460. The van der Waals surface area contributed by atoms with Crippen molar-refractivity contribution >= 4 is 5.82 Å². The monoisotopic (exact) mass is 272 g/mol. The predicted molar refractivity (Wildman–Crippen MR) is 83.3 cm³/mol. The maximum Gasteiger partial charge on any atom is 0.123 e. The van der Waals surface area contributed by atoms with E-state index in [-0.39, 0.29) is 0 Å². The normalized spacial score (nSPS) is 12.5. The van der Waals surface area contributed by atoms with Crippen molar-refractivity contribution in [3.63, 3.8) is 0 Å². The molecule has 0 spiro atoms. The van der Waals surface area contributed by atoms with Crippen molar-refractivity contribution in [1.29, 1.82) is 0 Å². The molecule has 0 aliphatic heterocycles. The van der Waals surface area contributed by atoms with E-state index in [1.807, 2.05) is 30.9 Å². The van der Waals surface area contributed by atoms with Gasteiger partial charge >= 0.3 is 0 Å². The van der Waals surface area contributed by atoms with Crippen LogP contribution in [0.5, 0.6) is 0 Å². The second-order valence-electron chi connectivity index (χ2n) is 5.36. The Bertz CT molecular complexity index is 516. The summed E-state index contributed by atoms with van der Waals surface area (Å²) in [6.45, 7) is 4.49. The number of nitrogens with two attached hydrogens (primary N) is 1. The number of unbranched alkanes of at least 4 members (excludes halogenated alkanes) is 3. The lowest BCUT2D eigenvalue weighted by molar-refractivity contribution is 0.475. The lowest BCUT2D eigenvalue weighted by Gasteiger charge is -2.16. The van der Waals surface area contributed by atoms with E-state index in [2.05, 4.69) is 28.4 Å². The molecule has 2 aromatic rings. The zero-order valence-corrected chi connectivity index (χ0v) is 12.4. The van der Waals surface area contributed by atoms with E-state index in [0.29, 0.717) is 11.9 Å². The molecule has 0 saturated heterocycles. The molecular formula is C16H24N4. The predicted octanol–water partition coefficient (Wildman–Crippen LogP) is 4.06. The summed E-state index contributed by atoms with van der Waals surface area (Å²) in [4.78, 5) is 8.45. The first-order valence-corrected chi connectivity index (χ1v) is 7.46. The Labute approximate surface area is 121 Å². The molecule has 0 radical (unpaired) electrons. The van der Waals surface area contributed by atoms with E-state index in [1.54, 1.807) is 0 Å². The van der Waals surface area contributed by atoms with Crippen molar-refractivity contribution in [2.24, 2.45) is 0 Å². The van der Waals surface area contributed by atoms with Gasteiger partial charge in [-0.2, -0.15) is 0 Å². The van der Waals surface area contributed by atoms with Crippen LogP contribution in [0.3, 0.4) is 0 Å². The van der Waals surface area contributed by atoms with Crippen LogP contribution in [0.2, 0.25) is 0 Å². The first-order valence-electron chi connectivity index (χ1n) is 7.46. The number of aromatic nitrogens is 3. The Morgan fingerprint density at radius 2 is 2.05 bits per heavy atom. The fraction of sp³-hybridized carbons (Fsp3) is 0.500. The van der Waals surface area contributed by atoms with Gasteiger partial charge in [0.15, 0.2) is 0 Å². The molecule has 0 bridgehead atoms. The van der Waals surface area contributed by atoms with Gasteiger partial charge in [-0.25, -0.2) is 9.97 Å². The minimum Gasteiger partial charge on any atom is -0.384 e. The summed E-state index contributed by atoms with van der Waals surface area (Å²) in [5, 5.41) is 0. The smallest absolute Gasteiger partial charge is 0.123 e. The lowest BCUT2D eigenvalue weighted by atomic mass is 10.1. The van der Waals surface area contributed by atoms with Crippen LogP contribution >= 0.6 is 0 Å². The van der Waals surface area contributed by atoms with Gasteiger partial charge in [0.05, 0.1) is 18.2 Å². The summed E-state index contributed by atoms with van der Waals surface area (Å²) in [5.74, 6) is 0.549. The SMILES string of the molecule is CCCCCCC(C)n1cncc1-c1ccc(N)nc1. The average molecular weight is 272 g/mol. The quantitative estimate of drug-likeness (QED) is 0.773. The van der Waals surface area contributed by atoms with Gasteiger partial charge in [0.25, 0.3) is 0 Å². The molecular weight excluding hydrogens is 248 g/mol. The summed E-state index contributed by atoms with van der Waals surface area (Å²) in [6.07, 6.45) is 12.0. The van der Waals surface area contributed by atoms with Gasteiger partial charge in [0, 0.05) is 17.8 Å². The van der Waals surface area contributed by atoms with Crippen molar-refractivity contribution in [1.82, 2.24) is 14.5 Å². The molecule has 2 N–H and O–H groups in total. The van der Waals surface area contributed by atoms with Crippen molar-refractivity contribution in [2.45, 2.75) is 52.0 Å². The summed E-state index contributed by atoms with van der Waals surface area (Å²) in [5.41, 5.74) is 7.82. The highest BCUT2D eigenvalue weighted by molar-refractivity contribution is 5.59. The topological polar surface area (TPSA) is 56.7 Å². The van der Waals surface area contributed by atoms with Gasteiger partial charge in [-0.05, 0) is 25.5 Å². The zero-order chi connectivity index (χ0) is 14.4. The van der Waals surface area contributed by atoms with Crippen LogP contribution in [0.4, 0.5) is 5.82 Å². The molecule has 0 aliphatic rings. The maximum absolute atomic E-state index is 5.64. The number of hydrogen-bond donors (Lipinski definition) is 1. The van der Waals surface area contributed by atoms with Crippen LogP contribution in [0.1, 0.15) is 52.0 Å². The summed E-state index contributed by atoms with van der Waals surface area (Å²) >= 11 is 0. The highest BCUT2D eigenvalue weighted by Gasteiger charge is 2.11. The van der Waals surface area contributed by atoms with Crippen LogP contribution in [-0.4, -0.2) is 14.5 Å². The largest absolute Gasteiger partial charge is 0.384 e. The van der Waals surface area contributed by atoms with Crippen molar-refractivity contribution in [2.75, 3.05) is 5.73 Å². The molecule has 20 heavy (non-hydrogen) atoms. The molecule has 2 heterocycles. The summed E-state index contributed by atoms with van der Waals surface area (Å²) < 4.78 is 2.24. The summed E-state index contributed by atoms with van der Waals surface area (Å²) in [7, 11) is 0. The molecule has 0 saturated carbocycles. The molecule has 0 aromatic carbocycles. The van der Waals surface area contributed by atoms with Crippen LogP contribution in [0, 0.1) is 0 Å². The molecule has 0 amide bonds. The molecule has 0 fully saturated rings. The van der Waals surface area contributed by atoms with E-state index >= 15 is 0 Å². The number of rotatable bonds is 7. The number of pyridine rings is 1. The number of anilines is 1. The van der Waals surface area contributed by atoms with E-state index < -0.39 is 0 Å². The van der Waals surface area contributed by atoms with Crippen LogP contribution in [0.15, 0.2) is 30.9 Å². The minimum atomic E-state index is 0.460. The van der Waals surface area contributed by atoms with Crippen LogP contribution in [-0.2, 0) is 0 Å². The Hall–Kier alpha value is -1.84. The fourth-order valence-corrected chi connectivity index (χ4v) is 2.44. The average Bonchev–Trinajstić information content (AvgIpc) is 2.93. The lowest BCUT2D eigenvalue weighted by Crippen LogP contribution is -2.05.